The number of rotatable bonds is 1. The average Bonchev–Trinajstić information content (AvgIpc) is 2.08. The predicted molar refractivity (Wildman–Crippen MR) is 44.9 cm³/mol. The molecule has 0 amide bonds. The Morgan fingerprint density at radius 3 is 2.92 bits per heavy atom. The van der Waals surface area contributed by atoms with Crippen LogP contribution in [0.3, 0.4) is 0 Å². The Kier molecular flexibility index (Phi) is 2.65. The van der Waals surface area contributed by atoms with E-state index in [2.05, 4.69) is 25.7 Å². The molecule has 0 spiro atoms. The van der Waals surface area contributed by atoms with Gasteiger partial charge in [-0.2, -0.15) is 0 Å². The molecule has 1 aromatic rings. The summed E-state index contributed by atoms with van der Waals surface area (Å²) in [5, 5.41) is 9.13. The van der Waals surface area contributed by atoms with Crippen molar-refractivity contribution in [3.8, 4) is 5.75 Å². The molecule has 0 atom stereocenters. The van der Waals surface area contributed by atoms with E-state index in [0.29, 0.717) is 4.60 Å². The van der Waals surface area contributed by atoms with Gasteiger partial charge in [0.25, 0.3) is 0 Å². The Balaban J connectivity index is 3.05. The van der Waals surface area contributed by atoms with Crippen molar-refractivity contribution in [2.75, 3.05) is 7.11 Å². The van der Waals surface area contributed by atoms with Crippen LogP contribution in [-0.2, 0) is 4.74 Å². The lowest BCUT2D eigenvalue weighted by Gasteiger charge is -1.99. The number of pyridine rings is 1. The molecule has 1 heterocycles. The molecule has 0 bridgehead atoms. The number of halogens is 1. The highest BCUT2D eigenvalue weighted by Gasteiger charge is 2.08. The van der Waals surface area contributed by atoms with E-state index in [1.807, 2.05) is 0 Å². The summed E-state index contributed by atoms with van der Waals surface area (Å²) in [6.45, 7) is 0. The van der Waals surface area contributed by atoms with E-state index in [0.717, 1.165) is 0 Å². The second-order valence-corrected chi connectivity index (χ2v) is 2.78. The fourth-order valence-electron chi connectivity index (χ4n) is 0.666. The summed E-state index contributed by atoms with van der Waals surface area (Å²) in [6.07, 6.45) is 1.32. The highest BCUT2D eigenvalue weighted by Crippen LogP contribution is 2.21. The molecule has 0 aliphatic heterocycles. The third-order valence-corrected chi connectivity index (χ3v) is 1.85. The minimum Gasteiger partial charge on any atom is -0.505 e. The second-order valence-electron chi connectivity index (χ2n) is 2.03. The minimum absolute atomic E-state index is 0.0853. The van der Waals surface area contributed by atoms with Crippen molar-refractivity contribution >= 4 is 21.9 Å². The summed E-state index contributed by atoms with van der Waals surface area (Å²) in [5.74, 6) is -0.608. The van der Waals surface area contributed by atoms with Gasteiger partial charge >= 0.3 is 5.97 Å². The van der Waals surface area contributed by atoms with Gasteiger partial charge in [-0.25, -0.2) is 9.78 Å². The first kappa shape index (κ1) is 8.99. The molecule has 0 saturated carbocycles. The van der Waals surface area contributed by atoms with E-state index in [4.69, 9.17) is 5.11 Å². The molecular weight excluding hydrogens is 226 g/mol. The van der Waals surface area contributed by atoms with Crippen LogP contribution in [0.1, 0.15) is 10.4 Å². The lowest BCUT2D eigenvalue weighted by atomic mass is 10.3. The monoisotopic (exact) mass is 231 g/mol. The van der Waals surface area contributed by atoms with Gasteiger partial charge in [-0.15, -0.1) is 0 Å². The third-order valence-electron chi connectivity index (χ3n) is 1.24. The molecule has 0 aromatic carbocycles. The molecular formula is C7H6BrNO3. The zero-order valence-electron chi connectivity index (χ0n) is 6.24. The maximum absolute atomic E-state index is 10.9. The van der Waals surface area contributed by atoms with Crippen molar-refractivity contribution in [1.29, 1.82) is 0 Å². The molecule has 1 aromatic heterocycles. The molecule has 0 aliphatic carbocycles. The number of methoxy groups -OCH3 is 1. The highest BCUT2D eigenvalue weighted by molar-refractivity contribution is 9.10. The van der Waals surface area contributed by atoms with Gasteiger partial charge in [-0.3, -0.25) is 0 Å². The highest BCUT2D eigenvalue weighted by atomic mass is 79.9. The van der Waals surface area contributed by atoms with Gasteiger partial charge in [-0.1, -0.05) is 0 Å². The molecule has 0 saturated heterocycles. The molecule has 12 heavy (non-hydrogen) atoms. The molecule has 0 fully saturated rings. The van der Waals surface area contributed by atoms with Crippen LogP contribution in [0.4, 0.5) is 0 Å². The Morgan fingerprint density at radius 1 is 1.75 bits per heavy atom. The van der Waals surface area contributed by atoms with Crippen molar-refractivity contribution < 1.29 is 14.6 Å². The lowest BCUT2D eigenvalue weighted by Crippen LogP contribution is -2.01. The number of esters is 1. The number of carbonyl (C=O) groups is 1. The van der Waals surface area contributed by atoms with E-state index in [1.165, 1.54) is 19.4 Å². The minimum atomic E-state index is -0.523. The summed E-state index contributed by atoms with van der Waals surface area (Å²) in [7, 11) is 1.27. The molecule has 5 heteroatoms. The number of hydrogen-bond donors (Lipinski definition) is 1. The summed E-state index contributed by atoms with van der Waals surface area (Å²) < 4.78 is 4.73. The van der Waals surface area contributed by atoms with Crippen LogP contribution >= 0.6 is 15.9 Å². The fraction of sp³-hybridized carbons (Fsp3) is 0.143. The number of ether oxygens (including phenoxy) is 1. The summed E-state index contributed by atoms with van der Waals surface area (Å²) >= 11 is 2.99. The molecule has 4 nitrogen and oxygen atoms in total. The Morgan fingerprint density at radius 2 is 2.42 bits per heavy atom. The van der Waals surface area contributed by atoms with Gasteiger partial charge < -0.3 is 9.84 Å². The van der Waals surface area contributed by atoms with E-state index in [1.54, 1.807) is 0 Å². The number of hydrogen-bond acceptors (Lipinski definition) is 4. The van der Waals surface area contributed by atoms with Gasteiger partial charge in [-0.05, 0) is 22.0 Å². The Labute approximate surface area is 77.3 Å². The van der Waals surface area contributed by atoms with Gasteiger partial charge in [0.2, 0.25) is 0 Å². The number of carbonyl (C=O) groups excluding carboxylic acids is 1. The van der Waals surface area contributed by atoms with Gasteiger partial charge in [0.1, 0.15) is 10.4 Å². The van der Waals surface area contributed by atoms with Gasteiger partial charge in [0.15, 0.2) is 0 Å². The SMILES string of the molecule is COC(=O)c1cnc(Br)c(O)c1. The van der Waals surface area contributed by atoms with Crippen molar-refractivity contribution in [2.45, 2.75) is 0 Å². The molecule has 0 aliphatic rings. The second kappa shape index (κ2) is 3.53. The maximum Gasteiger partial charge on any atom is 0.339 e. The molecule has 64 valence electrons. The summed E-state index contributed by atoms with van der Waals surface area (Å²) in [5.41, 5.74) is 0.221. The van der Waals surface area contributed by atoms with Gasteiger partial charge in [0.05, 0.1) is 12.7 Å². The first-order chi connectivity index (χ1) is 5.65. The van der Waals surface area contributed by atoms with Crippen LogP contribution in [-0.4, -0.2) is 23.2 Å². The Hall–Kier alpha value is -1.10. The first-order valence-electron chi connectivity index (χ1n) is 3.08. The van der Waals surface area contributed by atoms with E-state index < -0.39 is 5.97 Å². The average molecular weight is 232 g/mol. The van der Waals surface area contributed by atoms with E-state index in [-0.39, 0.29) is 11.3 Å². The largest absolute Gasteiger partial charge is 0.505 e. The Bertz CT molecular complexity index is 314. The fourth-order valence-corrected chi connectivity index (χ4v) is 0.883. The number of nitrogens with zero attached hydrogens (tertiary/aromatic N) is 1. The van der Waals surface area contributed by atoms with Crippen LogP contribution in [0.25, 0.3) is 0 Å². The maximum atomic E-state index is 10.9. The predicted octanol–water partition coefficient (Wildman–Crippen LogP) is 1.34. The van der Waals surface area contributed by atoms with Crippen LogP contribution in [0, 0.1) is 0 Å². The first-order valence-corrected chi connectivity index (χ1v) is 3.87. The zero-order chi connectivity index (χ0) is 9.14. The lowest BCUT2D eigenvalue weighted by molar-refractivity contribution is 0.0599. The topological polar surface area (TPSA) is 59.4 Å². The quantitative estimate of drug-likeness (QED) is 0.586. The summed E-state index contributed by atoms with van der Waals surface area (Å²) in [4.78, 5) is 14.6. The van der Waals surface area contributed by atoms with E-state index >= 15 is 0 Å². The van der Waals surface area contributed by atoms with Crippen molar-refractivity contribution in [1.82, 2.24) is 4.98 Å². The van der Waals surface area contributed by atoms with Crippen molar-refractivity contribution in [2.24, 2.45) is 0 Å². The smallest absolute Gasteiger partial charge is 0.339 e. The van der Waals surface area contributed by atoms with Gasteiger partial charge in [0, 0.05) is 6.20 Å². The molecule has 1 N–H and O–H groups in total. The number of aromatic nitrogens is 1. The van der Waals surface area contributed by atoms with Crippen LogP contribution in [0.2, 0.25) is 0 Å². The van der Waals surface area contributed by atoms with Crippen LogP contribution in [0.15, 0.2) is 16.9 Å². The van der Waals surface area contributed by atoms with Crippen LogP contribution in [0.5, 0.6) is 5.75 Å². The normalized spacial score (nSPS) is 9.50. The number of aromatic hydroxyl groups is 1. The third kappa shape index (κ3) is 1.73. The molecule has 0 unspecified atom stereocenters. The van der Waals surface area contributed by atoms with E-state index in [9.17, 15) is 4.79 Å². The molecule has 1 rings (SSSR count). The van der Waals surface area contributed by atoms with Crippen molar-refractivity contribution in [3.05, 3.63) is 22.4 Å². The van der Waals surface area contributed by atoms with Crippen molar-refractivity contribution in [3.63, 3.8) is 0 Å². The van der Waals surface area contributed by atoms with Crippen LogP contribution < -0.4 is 0 Å². The summed E-state index contributed by atoms with van der Waals surface area (Å²) in [6, 6.07) is 1.28. The zero-order valence-corrected chi connectivity index (χ0v) is 7.83. The molecule has 0 radical (unpaired) electrons. The standard InChI is InChI=1S/C7H6BrNO3/c1-12-7(11)4-2-5(10)6(8)9-3-4/h2-3,10H,1H3.